The summed E-state index contributed by atoms with van der Waals surface area (Å²) >= 11 is 17.0. The quantitative estimate of drug-likeness (QED) is 0.458. The van der Waals surface area contributed by atoms with Crippen molar-refractivity contribution in [3.63, 3.8) is 0 Å². The van der Waals surface area contributed by atoms with Gasteiger partial charge in [0.05, 0.1) is 0 Å². The van der Waals surface area contributed by atoms with E-state index in [1.165, 1.54) is 0 Å². The summed E-state index contributed by atoms with van der Waals surface area (Å²) in [4.78, 5) is 22.4. The van der Waals surface area contributed by atoms with Crippen LogP contribution in [-0.2, 0) is 44.7 Å². The van der Waals surface area contributed by atoms with Gasteiger partial charge < -0.3 is 25.3 Å². The number of carbonyl (C=O) groups is 2. The molecule has 0 aliphatic rings. The maximum Gasteiger partial charge on any atom is 2.00 e. The third-order valence-electron chi connectivity index (χ3n) is 2.23. The summed E-state index contributed by atoms with van der Waals surface area (Å²) in [7, 11) is 0. The van der Waals surface area contributed by atoms with E-state index in [0.717, 1.165) is 0 Å². The van der Waals surface area contributed by atoms with Gasteiger partial charge in [0, 0.05) is 11.1 Å². The van der Waals surface area contributed by atoms with Gasteiger partial charge in [0.1, 0.15) is 0 Å². The Morgan fingerprint density at radius 2 is 1.00 bits per heavy atom. The van der Waals surface area contributed by atoms with Gasteiger partial charge in [-0.15, -0.1) is 25.3 Å². The Kier molecular flexibility index (Phi) is 10.1. The molecule has 0 spiro atoms. The van der Waals surface area contributed by atoms with Gasteiger partial charge >= 0.3 is 19.5 Å². The summed E-state index contributed by atoms with van der Waals surface area (Å²) in [5.41, 5.74) is 1.00. The number of rotatable bonds is 2. The summed E-state index contributed by atoms with van der Waals surface area (Å²) in [6, 6.07) is 13.9. The Hall–Kier alpha value is -0.457. The first-order chi connectivity index (χ1) is 9.43. The van der Waals surface area contributed by atoms with Crippen LogP contribution in [-0.4, -0.2) is 10.2 Å². The van der Waals surface area contributed by atoms with Gasteiger partial charge in [-0.05, 0) is 0 Å². The van der Waals surface area contributed by atoms with E-state index in [9.17, 15) is 9.59 Å². The first kappa shape index (κ1) is 20.5. The first-order valence-corrected chi connectivity index (χ1v) is 7.13. The van der Waals surface area contributed by atoms with Crippen molar-refractivity contribution in [1.29, 1.82) is 0 Å². The molecule has 0 N–H and O–H groups in total. The number of thiol groups is 2. The van der Waals surface area contributed by atoms with Crippen molar-refractivity contribution >= 4 is 60.7 Å². The molecule has 104 valence electrons. The van der Waals surface area contributed by atoms with Crippen LogP contribution < -0.4 is 0 Å². The molecule has 0 aromatic heterocycles. The Morgan fingerprint density at radius 3 is 1.19 bits per heavy atom. The Morgan fingerprint density at radius 1 is 0.714 bits per heavy atom. The van der Waals surface area contributed by atoms with Crippen LogP contribution in [0.2, 0.25) is 0 Å². The van der Waals surface area contributed by atoms with Crippen molar-refractivity contribution in [2.45, 2.75) is 9.79 Å². The van der Waals surface area contributed by atoms with Crippen LogP contribution in [0.3, 0.4) is 0 Å². The molecule has 0 bridgehead atoms. The number of hydrogen-bond donors (Lipinski definition) is 2. The van der Waals surface area contributed by atoms with Crippen LogP contribution in [0.5, 0.6) is 0 Å². The summed E-state index contributed by atoms with van der Waals surface area (Å²) in [5, 5.41) is -0.545. The molecule has 2 aromatic rings. The second kappa shape index (κ2) is 10.3. The predicted molar refractivity (Wildman–Crippen MR) is 90.8 cm³/mol. The molecule has 0 saturated heterocycles. The fourth-order valence-electron chi connectivity index (χ4n) is 1.29. The van der Waals surface area contributed by atoms with Gasteiger partial charge in [0.25, 0.3) is 0 Å². The van der Waals surface area contributed by atoms with Gasteiger partial charge in [0.2, 0.25) is 10.2 Å². The zero-order chi connectivity index (χ0) is 15.1. The average Bonchev–Trinajstić information content (AvgIpc) is 2.40. The third kappa shape index (κ3) is 6.89. The van der Waals surface area contributed by atoms with E-state index < -0.39 is 0 Å². The molecule has 2 nitrogen and oxygen atoms in total. The van der Waals surface area contributed by atoms with Crippen molar-refractivity contribution < 1.29 is 29.1 Å². The third-order valence-corrected chi connectivity index (χ3v) is 3.43. The molecule has 2 rings (SSSR count). The summed E-state index contributed by atoms with van der Waals surface area (Å²) in [6.07, 6.45) is 0. The van der Waals surface area contributed by atoms with E-state index in [0.29, 0.717) is 20.9 Å². The summed E-state index contributed by atoms with van der Waals surface area (Å²) in [6.45, 7) is 0. The largest absolute Gasteiger partial charge is 2.00 e. The Balaban J connectivity index is 0.000000364. The molecule has 0 aliphatic carbocycles. The molecule has 0 fully saturated rings. The van der Waals surface area contributed by atoms with Gasteiger partial charge in [0.15, 0.2) is 0 Å². The predicted octanol–water partition coefficient (Wildman–Crippen LogP) is 3.32. The van der Waals surface area contributed by atoms with E-state index in [4.69, 9.17) is 25.3 Å². The van der Waals surface area contributed by atoms with Gasteiger partial charge in [-0.1, -0.05) is 48.5 Å². The zero-order valence-electron chi connectivity index (χ0n) is 10.9. The molecule has 7 heteroatoms. The van der Waals surface area contributed by atoms with Crippen LogP contribution in [0.25, 0.3) is 0 Å². The molecule has 21 heavy (non-hydrogen) atoms. The smallest absolute Gasteiger partial charge is 0.779 e. The summed E-state index contributed by atoms with van der Waals surface area (Å²) < 4.78 is 0. The molecule has 0 unspecified atom stereocenters. The molecule has 0 heterocycles. The fourth-order valence-corrected chi connectivity index (χ4v) is 2.31. The maximum atomic E-state index is 10.7. The minimum absolute atomic E-state index is 0. The SMILES string of the molecule is O=C(S)c1ccccc1[S-].O=C(S)c1ccccc1[S-].[Zn+2]. The average molecular weight is 404 g/mol. The van der Waals surface area contributed by atoms with Crippen LogP contribution >= 0.6 is 25.3 Å². The number of hydrogen-bond acceptors (Lipinski definition) is 4. The molecule has 0 aliphatic heterocycles. The van der Waals surface area contributed by atoms with E-state index >= 15 is 0 Å². The maximum absolute atomic E-state index is 10.7. The van der Waals surface area contributed by atoms with Crippen molar-refractivity contribution in [3.05, 3.63) is 59.7 Å². The van der Waals surface area contributed by atoms with E-state index in [1.807, 2.05) is 0 Å². The zero-order valence-corrected chi connectivity index (χ0v) is 17.2. The molecular weight excluding hydrogens is 394 g/mol. The molecule has 0 atom stereocenters. The van der Waals surface area contributed by atoms with Gasteiger partial charge in [-0.25, -0.2) is 0 Å². The van der Waals surface area contributed by atoms with Crippen molar-refractivity contribution in [1.82, 2.24) is 0 Å². The van der Waals surface area contributed by atoms with Crippen LogP contribution in [0.1, 0.15) is 20.7 Å². The molecular formula is C14H10O2S4Zn. The van der Waals surface area contributed by atoms with Gasteiger partial charge in [-0.3, -0.25) is 9.59 Å². The van der Waals surface area contributed by atoms with Crippen molar-refractivity contribution in [2.75, 3.05) is 0 Å². The van der Waals surface area contributed by atoms with Crippen molar-refractivity contribution in [3.8, 4) is 0 Å². The Labute approximate surface area is 158 Å². The molecule has 2 aromatic carbocycles. The van der Waals surface area contributed by atoms with E-state index in [-0.39, 0.29) is 29.7 Å². The van der Waals surface area contributed by atoms with E-state index in [1.54, 1.807) is 48.5 Å². The second-order valence-corrected chi connectivity index (χ2v) is 5.29. The molecule has 0 amide bonds. The van der Waals surface area contributed by atoms with E-state index in [2.05, 4.69) is 25.3 Å². The minimum atomic E-state index is -0.273. The van der Waals surface area contributed by atoms with Crippen LogP contribution in [0.4, 0.5) is 0 Å². The van der Waals surface area contributed by atoms with Crippen molar-refractivity contribution in [2.24, 2.45) is 0 Å². The Bertz CT molecular complexity index is 576. The fraction of sp³-hybridized carbons (Fsp3) is 0. The first-order valence-electron chi connectivity index (χ1n) is 5.42. The minimum Gasteiger partial charge on any atom is -0.779 e. The summed E-state index contributed by atoms with van der Waals surface area (Å²) in [5.74, 6) is 0. The van der Waals surface area contributed by atoms with Gasteiger partial charge in [-0.2, -0.15) is 9.79 Å². The topological polar surface area (TPSA) is 34.1 Å². The second-order valence-electron chi connectivity index (χ2n) is 3.60. The van der Waals surface area contributed by atoms with Crippen LogP contribution in [0.15, 0.2) is 58.3 Å². The monoisotopic (exact) mass is 402 g/mol. The molecule has 0 saturated carbocycles. The molecule has 0 radical (unpaired) electrons. The number of benzene rings is 2. The normalized spacial score (nSPS) is 8.86. The number of carbonyl (C=O) groups excluding carboxylic acids is 2. The standard InChI is InChI=1S/2C7H6OS2.Zn/c2*8-7(10)5-3-1-2-4-6(5)9;/h2*1-4,9H,(H,8,10);/q;;+2/p-2. The van der Waals surface area contributed by atoms with Crippen LogP contribution in [0, 0.1) is 0 Å².